The normalized spacial score (nSPS) is 15.3. The van der Waals surface area contributed by atoms with Crippen molar-refractivity contribution in [3.8, 4) is 0 Å². The van der Waals surface area contributed by atoms with Gasteiger partial charge in [-0.2, -0.15) is 0 Å². The molecule has 1 atom stereocenters. The first-order chi connectivity index (χ1) is 4.45. The maximum atomic E-state index is 12.2. The first-order valence-electron chi connectivity index (χ1n) is 3.83. The lowest BCUT2D eigenvalue weighted by Gasteiger charge is -2.12. The fraction of sp³-hybridized carbons (Fsp3) is 1.00. The van der Waals surface area contributed by atoms with Crippen LogP contribution in [0.5, 0.6) is 0 Å². The quantitative estimate of drug-likeness (QED) is 0.575. The van der Waals surface area contributed by atoms with Crippen molar-refractivity contribution in [1.82, 2.24) is 0 Å². The van der Waals surface area contributed by atoms with Crippen molar-refractivity contribution >= 4 is 0 Å². The summed E-state index contributed by atoms with van der Waals surface area (Å²) in [5, 5.41) is 0. The van der Waals surface area contributed by atoms with E-state index in [0.717, 1.165) is 13.3 Å². The monoisotopic (exact) mass is 150 g/mol. The van der Waals surface area contributed by atoms with Crippen LogP contribution >= 0.6 is 0 Å². The topological polar surface area (TPSA) is 0 Å². The van der Waals surface area contributed by atoms with Gasteiger partial charge in [-0.15, -0.1) is 0 Å². The van der Waals surface area contributed by atoms with Crippen molar-refractivity contribution < 1.29 is 8.78 Å². The molecule has 0 heterocycles. The van der Waals surface area contributed by atoms with Crippen LogP contribution in [0.15, 0.2) is 0 Å². The van der Waals surface area contributed by atoms with Crippen LogP contribution in [-0.4, -0.2) is 5.92 Å². The number of rotatable bonds is 4. The van der Waals surface area contributed by atoms with Crippen molar-refractivity contribution in [2.45, 2.75) is 46.0 Å². The van der Waals surface area contributed by atoms with E-state index in [9.17, 15) is 8.78 Å². The van der Waals surface area contributed by atoms with Gasteiger partial charge >= 0.3 is 0 Å². The summed E-state index contributed by atoms with van der Waals surface area (Å²) >= 11 is 0. The standard InChI is InChI=1S/C8H16F2/c1-4-7(2)5-6-8(3,9)10/h7H,4-6H2,1-3H3/t7-/m0/s1. The van der Waals surface area contributed by atoms with Gasteiger partial charge in [0.15, 0.2) is 0 Å². The molecule has 0 saturated carbocycles. The molecule has 0 radical (unpaired) electrons. The molecule has 0 unspecified atom stereocenters. The van der Waals surface area contributed by atoms with E-state index in [-0.39, 0.29) is 6.42 Å². The minimum absolute atomic E-state index is 0.0298. The number of halogens is 2. The molecule has 0 saturated heterocycles. The Hall–Kier alpha value is -0.140. The predicted octanol–water partition coefficient (Wildman–Crippen LogP) is 3.47. The van der Waals surface area contributed by atoms with Crippen LogP contribution < -0.4 is 0 Å². The molecule has 0 spiro atoms. The third-order valence-electron chi connectivity index (χ3n) is 1.77. The van der Waals surface area contributed by atoms with E-state index < -0.39 is 5.92 Å². The Labute approximate surface area is 61.6 Å². The fourth-order valence-electron chi connectivity index (χ4n) is 0.704. The highest BCUT2D eigenvalue weighted by Crippen LogP contribution is 2.22. The van der Waals surface area contributed by atoms with Gasteiger partial charge in [-0.05, 0) is 19.3 Å². The van der Waals surface area contributed by atoms with Gasteiger partial charge in [-0.1, -0.05) is 20.3 Å². The molecule has 10 heavy (non-hydrogen) atoms. The summed E-state index contributed by atoms with van der Waals surface area (Å²) in [7, 11) is 0. The van der Waals surface area contributed by atoms with Crippen LogP contribution in [0.25, 0.3) is 0 Å². The Morgan fingerprint density at radius 2 is 1.90 bits per heavy atom. The van der Waals surface area contributed by atoms with Crippen molar-refractivity contribution in [2.24, 2.45) is 5.92 Å². The van der Waals surface area contributed by atoms with E-state index in [1.807, 2.05) is 13.8 Å². The van der Waals surface area contributed by atoms with Gasteiger partial charge in [0.1, 0.15) is 0 Å². The highest BCUT2D eigenvalue weighted by atomic mass is 19.3. The van der Waals surface area contributed by atoms with Crippen LogP contribution in [-0.2, 0) is 0 Å². The van der Waals surface area contributed by atoms with Crippen LogP contribution in [0.1, 0.15) is 40.0 Å². The van der Waals surface area contributed by atoms with Crippen molar-refractivity contribution in [3.05, 3.63) is 0 Å². The van der Waals surface area contributed by atoms with E-state index in [4.69, 9.17) is 0 Å². The summed E-state index contributed by atoms with van der Waals surface area (Å²) in [6.45, 7) is 5.01. The molecule has 0 amide bonds. The molecule has 62 valence electrons. The lowest BCUT2D eigenvalue weighted by molar-refractivity contribution is 0.00713. The minimum Gasteiger partial charge on any atom is -0.207 e. The van der Waals surface area contributed by atoms with E-state index in [2.05, 4.69) is 0 Å². The second-order valence-electron chi connectivity index (χ2n) is 3.12. The molecule has 0 nitrogen and oxygen atoms in total. The third-order valence-corrected chi connectivity index (χ3v) is 1.77. The highest BCUT2D eigenvalue weighted by Gasteiger charge is 2.20. The Morgan fingerprint density at radius 3 is 2.20 bits per heavy atom. The summed E-state index contributed by atoms with van der Waals surface area (Å²) in [6, 6.07) is 0. The van der Waals surface area contributed by atoms with Gasteiger partial charge in [0.2, 0.25) is 5.92 Å². The molecule has 0 aromatic heterocycles. The second-order valence-corrected chi connectivity index (χ2v) is 3.12. The minimum atomic E-state index is -2.47. The van der Waals surface area contributed by atoms with Gasteiger partial charge in [-0.3, -0.25) is 0 Å². The van der Waals surface area contributed by atoms with E-state index >= 15 is 0 Å². The van der Waals surface area contributed by atoms with Gasteiger partial charge in [0.25, 0.3) is 0 Å². The van der Waals surface area contributed by atoms with Gasteiger partial charge in [-0.25, -0.2) is 8.78 Å². The molecule has 0 aromatic carbocycles. The van der Waals surface area contributed by atoms with E-state index in [1.54, 1.807) is 0 Å². The average molecular weight is 150 g/mol. The molecule has 0 aliphatic rings. The first-order valence-corrected chi connectivity index (χ1v) is 3.83. The van der Waals surface area contributed by atoms with Gasteiger partial charge in [0.05, 0.1) is 0 Å². The molecule has 0 aliphatic heterocycles. The summed E-state index contributed by atoms with van der Waals surface area (Å²) in [5.74, 6) is -2.03. The Kier molecular flexibility index (Phi) is 3.84. The zero-order valence-electron chi connectivity index (χ0n) is 6.95. The molecule has 0 aromatic rings. The largest absolute Gasteiger partial charge is 0.245 e. The van der Waals surface area contributed by atoms with Gasteiger partial charge in [0, 0.05) is 6.42 Å². The van der Waals surface area contributed by atoms with E-state index in [0.29, 0.717) is 12.3 Å². The van der Waals surface area contributed by atoms with Crippen LogP contribution in [0.4, 0.5) is 8.78 Å². The lowest BCUT2D eigenvalue weighted by Crippen LogP contribution is -2.10. The molecular formula is C8H16F2. The molecule has 0 rings (SSSR count). The van der Waals surface area contributed by atoms with Crippen LogP contribution in [0.2, 0.25) is 0 Å². The van der Waals surface area contributed by atoms with Crippen molar-refractivity contribution in [2.75, 3.05) is 0 Å². The average Bonchev–Trinajstić information content (AvgIpc) is 1.81. The summed E-state index contributed by atoms with van der Waals surface area (Å²) in [4.78, 5) is 0. The SMILES string of the molecule is CC[C@H](C)CCC(C)(F)F. The molecule has 0 aliphatic carbocycles. The maximum Gasteiger partial charge on any atom is 0.245 e. The number of alkyl halides is 2. The third kappa shape index (κ3) is 5.99. The zero-order valence-corrected chi connectivity index (χ0v) is 6.95. The van der Waals surface area contributed by atoms with Crippen LogP contribution in [0, 0.1) is 5.92 Å². The molecule has 0 fully saturated rings. The maximum absolute atomic E-state index is 12.2. The lowest BCUT2D eigenvalue weighted by atomic mass is 10.0. The summed E-state index contributed by atoms with van der Waals surface area (Å²) in [6.07, 6.45) is 1.66. The Balaban J connectivity index is 3.36. The van der Waals surface area contributed by atoms with Gasteiger partial charge < -0.3 is 0 Å². The number of hydrogen-bond donors (Lipinski definition) is 0. The van der Waals surface area contributed by atoms with E-state index in [1.165, 1.54) is 0 Å². The highest BCUT2D eigenvalue weighted by molar-refractivity contribution is 4.60. The van der Waals surface area contributed by atoms with Crippen molar-refractivity contribution in [1.29, 1.82) is 0 Å². The van der Waals surface area contributed by atoms with Crippen molar-refractivity contribution in [3.63, 3.8) is 0 Å². The fourth-order valence-corrected chi connectivity index (χ4v) is 0.704. The molecule has 0 N–H and O–H groups in total. The van der Waals surface area contributed by atoms with Crippen LogP contribution in [0.3, 0.4) is 0 Å². The summed E-state index contributed by atoms with van der Waals surface area (Å²) in [5.41, 5.74) is 0. The molecule has 0 bridgehead atoms. The Bertz CT molecular complexity index is 83.7. The predicted molar refractivity (Wildman–Crippen MR) is 39.3 cm³/mol. The summed E-state index contributed by atoms with van der Waals surface area (Å²) < 4.78 is 24.4. The first kappa shape index (κ1) is 9.86. The molecular weight excluding hydrogens is 134 g/mol. The number of hydrogen-bond acceptors (Lipinski definition) is 0. The zero-order chi connectivity index (χ0) is 8.20. The second kappa shape index (κ2) is 3.89. The Morgan fingerprint density at radius 1 is 1.40 bits per heavy atom. The smallest absolute Gasteiger partial charge is 0.207 e. The molecule has 2 heteroatoms.